The Morgan fingerprint density at radius 3 is 2.83 bits per heavy atom. The highest BCUT2D eigenvalue weighted by Gasteiger charge is 2.28. The fourth-order valence-electron chi connectivity index (χ4n) is 2.71. The van der Waals surface area contributed by atoms with E-state index in [-0.39, 0.29) is 5.69 Å². The van der Waals surface area contributed by atoms with Crippen molar-refractivity contribution in [1.82, 2.24) is 14.8 Å². The molecule has 1 aliphatic carbocycles. The molecule has 0 atom stereocenters. The zero-order valence-corrected chi connectivity index (χ0v) is 12.2. The number of aryl methyl sites for hydroxylation is 1. The molecule has 1 amide bonds. The number of aromatic nitrogens is 3. The Labute approximate surface area is 130 Å². The van der Waals surface area contributed by atoms with Gasteiger partial charge in [-0.2, -0.15) is 18.3 Å². The lowest BCUT2D eigenvalue weighted by Gasteiger charge is -2.18. The highest BCUT2D eigenvalue weighted by molar-refractivity contribution is 6.03. The van der Waals surface area contributed by atoms with Crippen molar-refractivity contribution < 1.29 is 18.0 Å². The van der Waals surface area contributed by atoms with Crippen LogP contribution in [0.2, 0.25) is 0 Å². The lowest BCUT2D eigenvalue weighted by atomic mass is 9.92. The van der Waals surface area contributed by atoms with Crippen LogP contribution in [-0.4, -0.2) is 26.8 Å². The van der Waals surface area contributed by atoms with E-state index in [4.69, 9.17) is 0 Å². The Morgan fingerprint density at radius 1 is 1.26 bits per heavy atom. The topological polar surface area (TPSA) is 59.8 Å². The third-order valence-corrected chi connectivity index (χ3v) is 3.73. The Balaban J connectivity index is 1.75. The maximum atomic E-state index is 12.3. The molecule has 122 valence electrons. The number of halogens is 3. The molecule has 0 saturated carbocycles. The highest BCUT2D eigenvalue weighted by atomic mass is 19.4. The number of carbonyl (C=O) groups is 1. The van der Waals surface area contributed by atoms with Gasteiger partial charge >= 0.3 is 6.18 Å². The first kappa shape index (κ1) is 15.5. The number of fused-ring (bicyclic) bond motifs is 1. The molecule has 0 fully saturated rings. The molecule has 0 bridgehead atoms. The van der Waals surface area contributed by atoms with E-state index in [1.54, 1.807) is 12.4 Å². The van der Waals surface area contributed by atoms with Crippen molar-refractivity contribution in [1.29, 1.82) is 0 Å². The summed E-state index contributed by atoms with van der Waals surface area (Å²) in [7, 11) is 0. The van der Waals surface area contributed by atoms with Crippen LogP contribution in [0.5, 0.6) is 0 Å². The van der Waals surface area contributed by atoms with Crippen molar-refractivity contribution in [2.24, 2.45) is 0 Å². The molecule has 8 heteroatoms. The number of rotatable bonds is 3. The van der Waals surface area contributed by atoms with E-state index in [2.05, 4.69) is 15.4 Å². The quantitative estimate of drug-likeness (QED) is 0.944. The molecule has 0 saturated heterocycles. The van der Waals surface area contributed by atoms with Crippen LogP contribution in [0.4, 0.5) is 18.9 Å². The second-order valence-electron chi connectivity index (χ2n) is 5.50. The highest BCUT2D eigenvalue weighted by Crippen LogP contribution is 2.27. The van der Waals surface area contributed by atoms with Crippen molar-refractivity contribution in [3.8, 4) is 0 Å². The molecule has 0 spiro atoms. The van der Waals surface area contributed by atoms with Gasteiger partial charge in [-0.15, -0.1) is 0 Å². The molecular formula is C15H15F3N4O. The van der Waals surface area contributed by atoms with Crippen LogP contribution in [0.1, 0.15) is 34.5 Å². The van der Waals surface area contributed by atoms with E-state index in [9.17, 15) is 18.0 Å². The minimum absolute atomic E-state index is 0.0531. The van der Waals surface area contributed by atoms with Gasteiger partial charge in [0.2, 0.25) is 0 Å². The number of carbonyl (C=O) groups excluding carboxylic acids is 1. The second-order valence-corrected chi connectivity index (χ2v) is 5.50. The SMILES string of the molecule is O=C(Nc1cncc2c1CCCC2)c1ccn(CC(F)(F)F)n1. The predicted molar refractivity (Wildman–Crippen MR) is 77.1 cm³/mol. The third-order valence-electron chi connectivity index (χ3n) is 3.73. The van der Waals surface area contributed by atoms with Gasteiger partial charge in [-0.3, -0.25) is 14.5 Å². The number of anilines is 1. The minimum atomic E-state index is -4.37. The monoisotopic (exact) mass is 324 g/mol. The fraction of sp³-hybridized carbons (Fsp3) is 0.400. The van der Waals surface area contributed by atoms with Crippen molar-refractivity contribution >= 4 is 11.6 Å². The molecule has 2 heterocycles. The average Bonchev–Trinajstić information content (AvgIpc) is 2.94. The standard InChI is InChI=1S/C15H15F3N4O/c16-15(17,18)9-22-6-5-12(21-22)14(23)20-13-8-19-7-10-3-1-2-4-11(10)13/h5-8H,1-4,9H2,(H,20,23). The van der Waals surface area contributed by atoms with E-state index < -0.39 is 18.6 Å². The molecule has 2 aromatic heterocycles. The molecule has 3 rings (SSSR count). The van der Waals surface area contributed by atoms with Crippen molar-refractivity contribution in [2.75, 3.05) is 5.32 Å². The molecule has 0 unspecified atom stereocenters. The van der Waals surface area contributed by atoms with Crippen LogP contribution >= 0.6 is 0 Å². The van der Waals surface area contributed by atoms with Gasteiger partial charge in [-0.1, -0.05) is 0 Å². The molecule has 2 aromatic rings. The van der Waals surface area contributed by atoms with Crippen molar-refractivity contribution in [3.05, 3.63) is 41.5 Å². The largest absolute Gasteiger partial charge is 0.408 e. The third kappa shape index (κ3) is 3.69. The van der Waals surface area contributed by atoms with Crippen LogP contribution in [0.15, 0.2) is 24.7 Å². The summed E-state index contributed by atoms with van der Waals surface area (Å²) in [5, 5.41) is 6.37. The number of nitrogens with one attached hydrogen (secondary N) is 1. The maximum Gasteiger partial charge on any atom is 0.408 e. The molecule has 5 nitrogen and oxygen atoms in total. The Hall–Kier alpha value is -2.38. The Bertz CT molecular complexity index is 724. The van der Waals surface area contributed by atoms with Gasteiger partial charge in [0.15, 0.2) is 5.69 Å². The first-order chi connectivity index (χ1) is 10.9. The molecule has 1 aliphatic rings. The predicted octanol–water partition coefficient (Wildman–Crippen LogP) is 2.97. The number of amides is 1. The molecule has 0 aliphatic heterocycles. The number of hydrogen-bond donors (Lipinski definition) is 1. The van der Waals surface area contributed by atoms with Crippen LogP contribution < -0.4 is 5.32 Å². The van der Waals surface area contributed by atoms with E-state index in [0.717, 1.165) is 43.0 Å². The lowest BCUT2D eigenvalue weighted by Crippen LogP contribution is -2.20. The summed E-state index contributed by atoms with van der Waals surface area (Å²) in [4.78, 5) is 16.3. The van der Waals surface area contributed by atoms with Crippen molar-refractivity contribution in [3.63, 3.8) is 0 Å². The van der Waals surface area contributed by atoms with Gasteiger partial charge in [0.1, 0.15) is 6.54 Å². The maximum absolute atomic E-state index is 12.3. The molecule has 1 N–H and O–H groups in total. The lowest BCUT2D eigenvalue weighted by molar-refractivity contribution is -0.142. The van der Waals surface area contributed by atoms with Gasteiger partial charge in [0, 0.05) is 12.4 Å². The zero-order valence-electron chi connectivity index (χ0n) is 12.2. The minimum Gasteiger partial charge on any atom is -0.319 e. The normalized spacial score (nSPS) is 14.4. The summed E-state index contributed by atoms with van der Waals surface area (Å²) >= 11 is 0. The Morgan fingerprint density at radius 2 is 2.04 bits per heavy atom. The first-order valence-corrected chi connectivity index (χ1v) is 7.30. The van der Waals surface area contributed by atoms with E-state index >= 15 is 0 Å². The van der Waals surface area contributed by atoms with Gasteiger partial charge in [-0.05, 0) is 42.9 Å². The number of nitrogens with zero attached hydrogens (tertiary/aromatic N) is 3. The summed E-state index contributed by atoms with van der Waals surface area (Å²) in [5.41, 5.74) is 2.71. The van der Waals surface area contributed by atoms with Gasteiger partial charge < -0.3 is 5.32 Å². The number of pyridine rings is 1. The molecule has 0 radical (unpaired) electrons. The Kier molecular flexibility index (Phi) is 4.06. The molecule has 23 heavy (non-hydrogen) atoms. The molecular weight excluding hydrogens is 309 g/mol. The van der Waals surface area contributed by atoms with E-state index in [0.29, 0.717) is 10.4 Å². The zero-order chi connectivity index (χ0) is 16.4. The second kappa shape index (κ2) is 6.02. The van der Waals surface area contributed by atoms with Crippen LogP contribution in [0.25, 0.3) is 0 Å². The van der Waals surface area contributed by atoms with Crippen LogP contribution in [0.3, 0.4) is 0 Å². The summed E-state index contributed by atoms with van der Waals surface area (Å²) in [5.74, 6) is -0.535. The number of hydrogen-bond acceptors (Lipinski definition) is 3. The summed E-state index contributed by atoms with van der Waals surface area (Å²) < 4.78 is 37.7. The van der Waals surface area contributed by atoms with Crippen molar-refractivity contribution in [2.45, 2.75) is 38.4 Å². The van der Waals surface area contributed by atoms with Crippen LogP contribution in [-0.2, 0) is 19.4 Å². The van der Waals surface area contributed by atoms with Crippen LogP contribution in [0, 0.1) is 0 Å². The van der Waals surface area contributed by atoms with Gasteiger partial charge in [-0.25, -0.2) is 0 Å². The van der Waals surface area contributed by atoms with Gasteiger partial charge in [0.25, 0.3) is 5.91 Å². The summed E-state index contributed by atoms with van der Waals surface area (Å²) in [6.45, 7) is -1.22. The smallest absolute Gasteiger partial charge is 0.319 e. The fourth-order valence-corrected chi connectivity index (χ4v) is 2.71. The number of alkyl halides is 3. The van der Waals surface area contributed by atoms with Gasteiger partial charge in [0.05, 0.1) is 11.9 Å². The average molecular weight is 324 g/mol. The van der Waals surface area contributed by atoms with E-state index in [1.807, 2.05) is 0 Å². The summed E-state index contributed by atoms with van der Waals surface area (Å²) in [6.07, 6.45) is 4.04. The first-order valence-electron chi connectivity index (χ1n) is 7.30. The molecule has 0 aromatic carbocycles. The van der Waals surface area contributed by atoms with E-state index in [1.165, 1.54) is 6.07 Å². The summed E-state index contributed by atoms with van der Waals surface area (Å²) in [6, 6.07) is 1.27.